The minimum atomic E-state index is -0.135. The number of urea groups is 1. The summed E-state index contributed by atoms with van der Waals surface area (Å²) in [4.78, 5) is 16.9. The zero-order valence-electron chi connectivity index (χ0n) is 17.9. The average Bonchev–Trinajstić information content (AvgIpc) is 3.13. The van der Waals surface area contributed by atoms with Crippen molar-refractivity contribution >= 4 is 28.4 Å². The Morgan fingerprint density at radius 1 is 1.17 bits per heavy atom. The van der Waals surface area contributed by atoms with Crippen LogP contribution in [0.15, 0.2) is 46.9 Å². The van der Waals surface area contributed by atoms with E-state index in [0.717, 1.165) is 66.3 Å². The quantitative estimate of drug-likeness (QED) is 0.660. The maximum atomic E-state index is 12.9. The number of carbonyl (C=O) groups is 1. The summed E-state index contributed by atoms with van der Waals surface area (Å²) in [6, 6.07) is 14.0. The van der Waals surface area contributed by atoms with Crippen LogP contribution in [0.1, 0.15) is 23.8 Å². The lowest BCUT2D eigenvalue weighted by atomic mass is 10.1. The van der Waals surface area contributed by atoms with E-state index in [1.807, 2.05) is 44.3 Å². The topological polar surface area (TPSA) is 58.0 Å². The van der Waals surface area contributed by atoms with Gasteiger partial charge in [-0.2, -0.15) is 0 Å². The van der Waals surface area contributed by atoms with Gasteiger partial charge in [0.1, 0.15) is 11.3 Å². The van der Waals surface area contributed by atoms with Crippen molar-refractivity contribution < 1.29 is 13.9 Å². The zero-order valence-corrected chi connectivity index (χ0v) is 17.9. The third-order valence-electron chi connectivity index (χ3n) is 5.67. The Hall–Kier alpha value is -2.99. The molecule has 0 bridgehead atoms. The standard InChI is InChI=1S/C24H29N3O3/c1-4-22-20(19-7-5-6-8-23(19)30-22)16-26(3)24(28)25-21-10-9-18(15-17(21)2)27-11-13-29-14-12-27/h5-10,15H,4,11-14,16H2,1-3H3,(H,25,28). The maximum Gasteiger partial charge on any atom is 0.321 e. The maximum absolute atomic E-state index is 12.9. The molecule has 1 saturated heterocycles. The molecule has 1 N–H and O–H groups in total. The lowest BCUT2D eigenvalue weighted by Gasteiger charge is -2.29. The number of hydrogen-bond donors (Lipinski definition) is 1. The van der Waals surface area contributed by atoms with Crippen molar-refractivity contribution in [2.45, 2.75) is 26.8 Å². The molecule has 2 heterocycles. The number of para-hydroxylation sites is 1. The molecule has 3 aromatic rings. The number of rotatable bonds is 5. The highest BCUT2D eigenvalue weighted by Gasteiger charge is 2.18. The number of morpholine rings is 1. The van der Waals surface area contributed by atoms with Gasteiger partial charge in [0.05, 0.1) is 19.8 Å². The molecule has 30 heavy (non-hydrogen) atoms. The number of benzene rings is 2. The van der Waals surface area contributed by atoms with Gasteiger partial charge in [0.2, 0.25) is 0 Å². The molecule has 1 aliphatic heterocycles. The fraction of sp³-hybridized carbons (Fsp3) is 0.375. The van der Waals surface area contributed by atoms with Crippen molar-refractivity contribution in [3.63, 3.8) is 0 Å². The number of amides is 2. The van der Waals surface area contributed by atoms with Crippen molar-refractivity contribution in [1.82, 2.24) is 4.90 Å². The van der Waals surface area contributed by atoms with Gasteiger partial charge in [0.25, 0.3) is 0 Å². The van der Waals surface area contributed by atoms with E-state index < -0.39 is 0 Å². The largest absolute Gasteiger partial charge is 0.461 e. The Bertz CT molecular complexity index is 1040. The van der Waals surface area contributed by atoms with E-state index in [4.69, 9.17) is 9.15 Å². The molecule has 0 spiro atoms. The Labute approximate surface area is 177 Å². The van der Waals surface area contributed by atoms with Gasteiger partial charge in [0.15, 0.2) is 0 Å². The van der Waals surface area contributed by atoms with Gasteiger partial charge in [-0.25, -0.2) is 4.79 Å². The van der Waals surface area contributed by atoms with Crippen LogP contribution in [0.4, 0.5) is 16.2 Å². The van der Waals surface area contributed by atoms with Crippen LogP contribution in [0.2, 0.25) is 0 Å². The highest BCUT2D eigenvalue weighted by molar-refractivity contribution is 5.91. The van der Waals surface area contributed by atoms with Crippen LogP contribution >= 0.6 is 0 Å². The summed E-state index contributed by atoms with van der Waals surface area (Å²) in [5.74, 6) is 0.932. The van der Waals surface area contributed by atoms with Gasteiger partial charge in [-0.05, 0) is 36.8 Å². The Morgan fingerprint density at radius 3 is 2.67 bits per heavy atom. The Kier molecular flexibility index (Phi) is 5.95. The summed E-state index contributed by atoms with van der Waals surface area (Å²) < 4.78 is 11.4. The monoisotopic (exact) mass is 407 g/mol. The van der Waals surface area contributed by atoms with Crippen molar-refractivity contribution in [2.24, 2.45) is 0 Å². The van der Waals surface area contributed by atoms with Crippen LogP contribution < -0.4 is 10.2 Å². The number of hydrogen-bond acceptors (Lipinski definition) is 4. The smallest absolute Gasteiger partial charge is 0.321 e. The van der Waals surface area contributed by atoms with Crippen molar-refractivity contribution in [3.05, 3.63) is 59.4 Å². The van der Waals surface area contributed by atoms with Gasteiger partial charge < -0.3 is 24.3 Å². The SMILES string of the molecule is CCc1oc2ccccc2c1CN(C)C(=O)Nc1ccc(N2CCOCC2)cc1C. The number of anilines is 2. The first-order chi connectivity index (χ1) is 14.6. The molecule has 0 unspecified atom stereocenters. The second-order valence-corrected chi connectivity index (χ2v) is 7.74. The van der Waals surface area contributed by atoms with Crippen LogP contribution in [0.25, 0.3) is 11.0 Å². The molecule has 158 valence electrons. The molecular weight excluding hydrogens is 378 g/mol. The van der Waals surface area contributed by atoms with Gasteiger partial charge in [-0.15, -0.1) is 0 Å². The molecule has 0 aliphatic carbocycles. The fourth-order valence-corrected chi connectivity index (χ4v) is 3.93. The summed E-state index contributed by atoms with van der Waals surface area (Å²) in [5, 5.41) is 4.12. The number of fused-ring (bicyclic) bond motifs is 1. The van der Waals surface area contributed by atoms with Crippen LogP contribution in [-0.2, 0) is 17.7 Å². The van der Waals surface area contributed by atoms with E-state index in [-0.39, 0.29) is 6.03 Å². The van der Waals surface area contributed by atoms with E-state index in [1.165, 1.54) is 5.69 Å². The fourth-order valence-electron chi connectivity index (χ4n) is 3.93. The van der Waals surface area contributed by atoms with Gasteiger partial charge >= 0.3 is 6.03 Å². The van der Waals surface area contributed by atoms with E-state index in [9.17, 15) is 4.79 Å². The van der Waals surface area contributed by atoms with Gasteiger partial charge in [0, 0.05) is 48.9 Å². The first kappa shape index (κ1) is 20.3. The van der Waals surface area contributed by atoms with Crippen LogP contribution in [-0.4, -0.2) is 44.3 Å². The van der Waals surface area contributed by atoms with E-state index >= 15 is 0 Å². The molecule has 6 heteroatoms. The molecular formula is C24H29N3O3. The van der Waals surface area contributed by atoms with Crippen LogP contribution in [0, 0.1) is 6.92 Å². The Morgan fingerprint density at radius 2 is 1.93 bits per heavy atom. The van der Waals surface area contributed by atoms with Crippen molar-refractivity contribution in [3.8, 4) is 0 Å². The highest BCUT2D eigenvalue weighted by atomic mass is 16.5. The molecule has 1 aromatic heterocycles. The number of nitrogens with zero attached hydrogens (tertiary/aromatic N) is 2. The van der Waals surface area contributed by atoms with Crippen molar-refractivity contribution in [1.29, 1.82) is 0 Å². The van der Waals surface area contributed by atoms with Crippen LogP contribution in [0.3, 0.4) is 0 Å². The molecule has 1 fully saturated rings. The normalized spacial score (nSPS) is 14.2. The van der Waals surface area contributed by atoms with Gasteiger partial charge in [-0.3, -0.25) is 0 Å². The molecule has 4 rings (SSSR count). The van der Waals surface area contributed by atoms with Crippen molar-refractivity contribution in [2.75, 3.05) is 43.6 Å². The number of aryl methyl sites for hydroxylation is 2. The third kappa shape index (κ3) is 4.14. The zero-order chi connectivity index (χ0) is 21.1. The number of ether oxygens (including phenoxy) is 1. The number of furan rings is 1. The molecule has 0 saturated carbocycles. The van der Waals surface area contributed by atoms with E-state index in [2.05, 4.69) is 29.3 Å². The summed E-state index contributed by atoms with van der Waals surface area (Å²) in [5.41, 5.74) is 4.98. The number of nitrogens with one attached hydrogen (secondary N) is 1. The molecule has 6 nitrogen and oxygen atoms in total. The third-order valence-corrected chi connectivity index (χ3v) is 5.67. The summed E-state index contributed by atoms with van der Waals surface area (Å²) in [6.45, 7) is 7.89. The summed E-state index contributed by atoms with van der Waals surface area (Å²) in [7, 11) is 1.81. The van der Waals surface area contributed by atoms with E-state index in [0.29, 0.717) is 6.54 Å². The molecule has 2 amide bonds. The average molecular weight is 408 g/mol. The molecule has 0 atom stereocenters. The summed E-state index contributed by atoms with van der Waals surface area (Å²) >= 11 is 0. The van der Waals surface area contributed by atoms with E-state index in [1.54, 1.807) is 4.90 Å². The first-order valence-electron chi connectivity index (χ1n) is 10.5. The second kappa shape index (κ2) is 8.79. The Balaban J connectivity index is 1.46. The van der Waals surface area contributed by atoms with Crippen LogP contribution in [0.5, 0.6) is 0 Å². The van der Waals surface area contributed by atoms with Gasteiger partial charge in [-0.1, -0.05) is 25.1 Å². The summed E-state index contributed by atoms with van der Waals surface area (Å²) in [6.07, 6.45) is 0.793. The lowest BCUT2D eigenvalue weighted by molar-refractivity contribution is 0.122. The minimum Gasteiger partial charge on any atom is -0.461 e. The predicted octanol–water partition coefficient (Wildman–Crippen LogP) is 4.80. The highest BCUT2D eigenvalue weighted by Crippen LogP contribution is 2.28. The number of carbonyl (C=O) groups excluding carboxylic acids is 1. The predicted molar refractivity (Wildman–Crippen MR) is 120 cm³/mol. The molecule has 1 aliphatic rings. The molecule has 2 aromatic carbocycles. The lowest BCUT2D eigenvalue weighted by Crippen LogP contribution is -2.36. The molecule has 0 radical (unpaired) electrons. The first-order valence-corrected chi connectivity index (χ1v) is 10.5. The minimum absolute atomic E-state index is 0.135. The second-order valence-electron chi connectivity index (χ2n) is 7.74.